The molecule has 0 aliphatic carbocycles. The van der Waals surface area contributed by atoms with Crippen molar-refractivity contribution in [3.63, 3.8) is 0 Å². The Morgan fingerprint density at radius 1 is 1.26 bits per heavy atom. The van der Waals surface area contributed by atoms with Crippen LogP contribution in [-0.2, 0) is 4.79 Å². The van der Waals surface area contributed by atoms with Gasteiger partial charge in [0, 0.05) is 12.6 Å². The van der Waals surface area contributed by atoms with Crippen LogP contribution >= 0.6 is 0 Å². The molecule has 2 aromatic rings. The molecule has 3 heterocycles. The number of carbonyl (C=O) groups is 2. The largest absolute Gasteiger partial charge is 0.352 e. The number of aromatic nitrogens is 2. The van der Waals surface area contributed by atoms with E-state index in [9.17, 15) is 9.59 Å². The Morgan fingerprint density at radius 2 is 2.00 bits per heavy atom. The zero-order valence-electron chi connectivity index (χ0n) is 15.6. The fourth-order valence-corrected chi connectivity index (χ4v) is 3.39. The Kier molecular flexibility index (Phi) is 4.18. The van der Waals surface area contributed by atoms with Gasteiger partial charge in [0.15, 0.2) is 5.82 Å². The van der Waals surface area contributed by atoms with Crippen LogP contribution in [-0.4, -0.2) is 58.1 Å². The molecule has 4 rings (SSSR count). The highest BCUT2D eigenvalue weighted by atomic mass is 16.2. The van der Waals surface area contributed by atoms with Crippen molar-refractivity contribution in [1.82, 2.24) is 20.0 Å². The van der Waals surface area contributed by atoms with Gasteiger partial charge < -0.3 is 5.32 Å². The summed E-state index contributed by atoms with van der Waals surface area (Å²) in [4.78, 5) is 33.1. The second-order valence-electron chi connectivity index (χ2n) is 7.08. The minimum atomic E-state index is -0.244. The van der Waals surface area contributed by atoms with Crippen LogP contribution in [0.2, 0.25) is 0 Å². The molecule has 3 amide bonds. The standard InChI is InChI=1S/C19H22N6O2/c1-12(2)22-16(26)11-24-18-15(17-20-8-9-23(17)19(24)27)10-21-25(18)14-6-4-13(3)5-7-14/h4-7,10,12H,8-9,11H2,1-3H3,(H,22,26). The van der Waals surface area contributed by atoms with Crippen molar-refractivity contribution in [3.8, 4) is 5.69 Å². The van der Waals surface area contributed by atoms with E-state index < -0.39 is 0 Å². The number of benzene rings is 1. The molecule has 1 N–H and O–H groups in total. The number of nitrogens with one attached hydrogen (secondary N) is 1. The molecule has 2 aliphatic rings. The fraction of sp³-hybridized carbons (Fsp3) is 0.368. The van der Waals surface area contributed by atoms with Crippen molar-refractivity contribution in [1.29, 1.82) is 0 Å². The minimum Gasteiger partial charge on any atom is -0.352 e. The number of fused-ring (bicyclic) bond motifs is 3. The van der Waals surface area contributed by atoms with E-state index in [2.05, 4.69) is 15.4 Å². The van der Waals surface area contributed by atoms with E-state index in [1.807, 2.05) is 45.0 Å². The maximum Gasteiger partial charge on any atom is 0.331 e. The van der Waals surface area contributed by atoms with E-state index in [1.165, 1.54) is 4.90 Å². The highest BCUT2D eigenvalue weighted by Gasteiger charge is 2.41. The maximum absolute atomic E-state index is 13.1. The SMILES string of the molecule is Cc1ccc(-n2ncc3c2N(CC(=O)NC(C)C)C(=O)N2CCN=C32)cc1. The molecular weight excluding hydrogens is 344 g/mol. The lowest BCUT2D eigenvalue weighted by atomic mass is 10.2. The zero-order chi connectivity index (χ0) is 19.1. The summed E-state index contributed by atoms with van der Waals surface area (Å²) >= 11 is 0. The van der Waals surface area contributed by atoms with Crippen LogP contribution in [0.1, 0.15) is 25.0 Å². The van der Waals surface area contributed by atoms with Gasteiger partial charge in [0.25, 0.3) is 0 Å². The lowest BCUT2D eigenvalue weighted by molar-refractivity contribution is -0.120. The van der Waals surface area contributed by atoms with Crippen LogP contribution in [0.3, 0.4) is 0 Å². The molecule has 0 saturated carbocycles. The van der Waals surface area contributed by atoms with E-state index in [0.29, 0.717) is 24.7 Å². The number of amidine groups is 1. The number of aliphatic imine (C=N–C) groups is 1. The third-order valence-corrected chi connectivity index (χ3v) is 4.57. The minimum absolute atomic E-state index is 0.00258. The van der Waals surface area contributed by atoms with Crippen molar-refractivity contribution in [2.24, 2.45) is 4.99 Å². The Morgan fingerprint density at radius 3 is 2.70 bits per heavy atom. The molecule has 0 fully saturated rings. The number of hydrogen-bond donors (Lipinski definition) is 1. The molecule has 0 saturated heterocycles. The van der Waals surface area contributed by atoms with Crippen LogP contribution in [0.25, 0.3) is 5.69 Å². The molecule has 1 aromatic heterocycles. The van der Waals surface area contributed by atoms with Crippen LogP contribution < -0.4 is 10.2 Å². The molecule has 1 aromatic carbocycles. The van der Waals surface area contributed by atoms with Gasteiger partial charge in [-0.25, -0.2) is 9.48 Å². The summed E-state index contributed by atoms with van der Waals surface area (Å²) in [5, 5.41) is 7.34. The molecule has 27 heavy (non-hydrogen) atoms. The molecule has 0 bridgehead atoms. The fourth-order valence-electron chi connectivity index (χ4n) is 3.39. The highest BCUT2D eigenvalue weighted by molar-refractivity contribution is 6.20. The number of amides is 3. The van der Waals surface area contributed by atoms with Gasteiger partial charge in [0.05, 0.1) is 24.0 Å². The monoisotopic (exact) mass is 366 g/mol. The second kappa shape index (κ2) is 6.53. The van der Waals surface area contributed by atoms with E-state index in [-0.39, 0.29) is 24.5 Å². The summed E-state index contributed by atoms with van der Waals surface area (Å²) in [6.07, 6.45) is 1.71. The summed E-state index contributed by atoms with van der Waals surface area (Å²) in [6.45, 7) is 6.81. The van der Waals surface area contributed by atoms with E-state index >= 15 is 0 Å². The molecule has 8 heteroatoms. The van der Waals surface area contributed by atoms with Crippen molar-refractivity contribution >= 4 is 23.6 Å². The normalized spacial score (nSPS) is 15.7. The molecule has 2 aliphatic heterocycles. The first-order chi connectivity index (χ1) is 13.0. The summed E-state index contributed by atoms with van der Waals surface area (Å²) in [6, 6.07) is 7.63. The first kappa shape index (κ1) is 17.3. The van der Waals surface area contributed by atoms with Crippen LogP contribution in [0, 0.1) is 6.92 Å². The zero-order valence-corrected chi connectivity index (χ0v) is 15.6. The van der Waals surface area contributed by atoms with Gasteiger partial charge in [-0.05, 0) is 32.9 Å². The van der Waals surface area contributed by atoms with Gasteiger partial charge in [-0.3, -0.25) is 19.6 Å². The number of rotatable bonds is 4. The number of nitrogens with zero attached hydrogens (tertiary/aromatic N) is 5. The third kappa shape index (κ3) is 2.97. The number of urea groups is 1. The van der Waals surface area contributed by atoms with Gasteiger partial charge in [-0.15, -0.1) is 0 Å². The average molecular weight is 366 g/mol. The van der Waals surface area contributed by atoms with Crippen molar-refractivity contribution in [2.45, 2.75) is 26.8 Å². The van der Waals surface area contributed by atoms with Gasteiger partial charge in [-0.1, -0.05) is 17.7 Å². The van der Waals surface area contributed by atoms with Gasteiger partial charge in [-0.2, -0.15) is 5.10 Å². The van der Waals surface area contributed by atoms with Crippen molar-refractivity contribution in [2.75, 3.05) is 24.5 Å². The molecule has 0 unspecified atom stereocenters. The third-order valence-electron chi connectivity index (χ3n) is 4.57. The summed E-state index contributed by atoms with van der Waals surface area (Å²) in [7, 11) is 0. The number of carbonyl (C=O) groups excluding carboxylic acids is 2. The Hall–Kier alpha value is -3.16. The summed E-state index contributed by atoms with van der Waals surface area (Å²) < 4.78 is 1.70. The van der Waals surface area contributed by atoms with Crippen LogP contribution in [0.5, 0.6) is 0 Å². The first-order valence-electron chi connectivity index (χ1n) is 9.04. The van der Waals surface area contributed by atoms with Crippen molar-refractivity contribution in [3.05, 3.63) is 41.6 Å². The molecular formula is C19H22N6O2. The molecule has 0 radical (unpaired) electrons. The molecule has 140 valence electrons. The number of aryl methyl sites for hydroxylation is 1. The maximum atomic E-state index is 13.1. The number of anilines is 1. The van der Waals surface area contributed by atoms with Crippen LogP contribution in [0.4, 0.5) is 10.6 Å². The molecule has 0 atom stereocenters. The Balaban J connectivity index is 1.79. The predicted molar refractivity (Wildman–Crippen MR) is 102 cm³/mol. The van der Waals surface area contributed by atoms with Gasteiger partial charge in [0.1, 0.15) is 12.4 Å². The molecule has 8 nitrogen and oxygen atoms in total. The summed E-state index contributed by atoms with van der Waals surface area (Å²) in [5.74, 6) is 1.01. The number of hydrogen-bond acceptors (Lipinski definition) is 4. The highest BCUT2D eigenvalue weighted by Crippen LogP contribution is 2.32. The van der Waals surface area contributed by atoms with Gasteiger partial charge in [0.2, 0.25) is 5.91 Å². The second-order valence-corrected chi connectivity index (χ2v) is 7.08. The van der Waals surface area contributed by atoms with E-state index in [4.69, 9.17) is 0 Å². The van der Waals surface area contributed by atoms with E-state index in [0.717, 1.165) is 16.8 Å². The predicted octanol–water partition coefficient (Wildman–Crippen LogP) is 1.71. The lowest BCUT2D eigenvalue weighted by Crippen LogP contribution is -2.53. The Labute approximate surface area is 157 Å². The lowest BCUT2D eigenvalue weighted by Gasteiger charge is -2.33. The quantitative estimate of drug-likeness (QED) is 0.894. The summed E-state index contributed by atoms with van der Waals surface area (Å²) in [5.41, 5.74) is 2.73. The average Bonchev–Trinajstić information content (AvgIpc) is 3.25. The molecule has 0 spiro atoms. The first-order valence-corrected chi connectivity index (χ1v) is 9.04. The smallest absolute Gasteiger partial charge is 0.331 e. The van der Waals surface area contributed by atoms with E-state index in [1.54, 1.807) is 15.8 Å². The van der Waals surface area contributed by atoms with Gasteiger partial charge >= 0.3 is 6.03 Å². The topological polar surface area (TPSA) is 82.8 Å². The Bertz CT molecular complexity index is 928. The van der Waals surface area contributed by atoms with Crippen molar-refractivity contribution < 1.29 is 9.59 Å². The van der Waals surface area contributed by atoms with Crippen LogP contribution in [0.15, 0.2) is 35.5 Å².